The van der Waals surface area contributed by atoms with E-state index in [0.29, 0.717) is 12.3 Å². The van der Waals surface area contributed by atoms with Gasteiger partial charge in [-0.25, -0.2) is 0 Å². The summed E-state index contributed by atoms with van der Waals surface area (Å²) < 4.78 is 0. The summed E-state index contributed by atoms with van der Waals surface area (Å²) in [6.45, 7) is 10.9. The standard InChI is InChI=1S/C22H29NO/c1-5-23(6-2)19-10-7-16(8-11-19)17-9-12-21-18(13-17)14-20(24)15-22(21,3)4/h7-8,10-11,13-14,21H,5-6,9,12,15H2,1-4H3. The molecule has 3 rings (SSSR count). The van der Waals surface area contributed by atoms with E-state index in [0.717, 1.165) is 25.9 Å². The molecule has 128 valence electrons. The van der Waals surface area contributed by atoms with Crippen molar-refractivity contribution in [2.24, 2.45) is 11.3 Å². The molecular formula is C22H29NO. The summed E-state index contributed by atoms with van der Waals surface area (Å²) in [5.41, 5.74) is 5.28. The minimum Gasteiger partial charge on any atom is -0.372 e. The van der Waals surface area contributed by atoms with Crippen LogP contribution in [0.2, 0.25) is 0 Å². The molecule has 0 fully saturated rings. The highest BCUT2D eigenvalue weighted by atomic mass is 16.1. The molecule has 0 saturated heterocycles. The Balaban J connectivity index is 1.87. The number of carbonyl (C=O) groups is 1. The van der Waals surface area contributed by atoms with Gasteiger partial charge in [-0.15, -0.1) is 0 Å². The van der Waals surface area contributed by atoms with Crippen LogP contribution in [0.15, 0.2) is 42.0 Å². The molecule has 1 aromatic carbocycles. The smallest absolute Gasteiger partial charge is 0.156 e. The van der Waals surface area contributed by atoms with Crippen molar-refractivity contribution >= 4 is 17.0 Å². The highest BCUT2D eigenvalue weighted by Gasteiger charge is 2.38. The van der Waals surface area contributed by atoms with Crippen LogP contribution in [-0.4, -0.2) is 18.9 Å². The van der Waals surface area contributed by atoms with Crippen molar-refractivity contribution in [1.82, 2.24) is 0 Å². The number of hydrogen-bond acceptors (Lipinski definition) is 2. The monoisotopic (exact) mass is 323 g/mol. The van der Waals surface area contributed by atoms with E-state index in [-0.39, 0.29) is 11.2 Å². The lowest BCUT2D eigenvalue weighted by Gasteiger charge is -2.40. The molecule has 2 heteroatoms. The number of hydrogen-bond donors (Lipinski definition) is 0. The Morgan fingerprint density at radius 2 is 1.75 bits per heavy atom. The van der Waals surface area contributed by atoms with Crippen LogP contribution in [0.3, 0.4) is 0 Å². The van der Waals surface area contributed by atoms with Gasteiger partial charge in [0.15, 0.2) is 5.78 Å². The van der Waals surface area contributed by atoms with Gasteiger partial charge in [-0.2, -0.15) is 0 Å². The molecule has 0 N–H and O–H groups in total. The molecule has 0 aliphatic heterocycles. The van der Waals surface area contributed by atoms with Crippen LogP contribution in [0.25, 0.3) is 5.57 Å². The summed E-state index contributed by atoms with van der Waals surface area (Å²) in [7, 11) is 0. The van der Waals surface area contributed by atoms with E-state index in [2.05, 4.69) is 62.9 Å². The zero-order chi connectivity index (χ0) is 17.3. The van der Waals surface area contributed by atoms with Crippen molar-refractivity contribution < 1.29 is 4.79 Å². The van der Waals surface area contributed by atoms with E-state index in [9.17, 15) is 4.79 Å². The van der Waals surface area contributed by atoms with Crippen LogP contribution >= 0.6 is 0 Å². The number of carbonyl (C=O) groups excluding carboxylic acids is 1. The van der Waals surface area contributed by atoms with Gasteiger partial charge < -0.3 is 4.90 Å². The Labute approximate surface area is 146 Å². The number of rotatable bonds is 4. The molecule has 1 unspecified atom stereocenters. The molecule has 0 amide bonds. The van der Waals surface area contributed by atoms with Crippen LogP contribution < -0.4 is 4.90 Å². The third-order valence-electron chi connectivity index (χ3n) is 5.71. The largest absolute Gasteiger partial charge is 0.372 e. The third-order valence-corrected chi connectivity index (χ3v) is 5.71. The second-order valence-corrected chi connectivity index (χ2v) is 7.76. The van der Waals surface area contributed by atoms with Crippen LogP contribution in [0, 0.1) is 11.3 Å². The van der Waals surface area contributed by atoms with Gasteiger partial charge >= 0.3 is 0 Å². The van der Waals surface area contributed by atoms with E-state index in [1.807, 2.05) is 6.08 Å². The summed E-state index contributed by atoms with van der Waals surface area (Å²) >= 11 is 0. The first kappa shape index (κ1) is 17.0. The first-order valence-corrected chi connectivity index (χ1v) is 9.25. The second-order valence-electron chi connectivity index (χ2n) is 7.76. The van der Waals surface area contributed by atoms with E-state index >= 15 is 0 Å². The molecule has 0 spiro atoms. The van der Waals surface area contributed by atoms with Crippen molar-refractivity contribution in [2.45, 2.75) is 47.0 Å². The molecule has 2 aliphatic carbocycles. The Bertz CT molecular complexity index is 674. The van der Waals surface area contributed by atoms with E-state index in [1.54, 1.807) is 0 Å². The molecule has 1 aromatic rings. The van der Waals surface area contributed by atoms with Gasteiger partial charge in [0.05, 0.1) is 0 Å². The Morgan fingerprint density at radius 1 is 1.08 bits per heavy atom. The molecule has 0 aromatic heterocycles. The molecule has 0 bridgehead atoms. The molecule has 0 saturated carbocycles. The van der Waals surface area contributed by atoms with Crippen molar-refractivity contribution in [2.75, 3.05) is 18.0 Å². The zero-order valence-corrected chi connectivity index (χ0v) is 15.4. The number of allylic oxidation sites excluding steroid dienone is 4. The van der Waals surface area contributed by atoms with Crippen molar-refractivity contribution in [1.29, 1.82) is 0 Å². The van der Waals surface area contributed by atoms with Gasteiger partial charge in [-0.3, -0.25) is 4.79 Å². The predicted octanol–water partition coefficient (Wildman–Crippen LogP) is 5.25. The van der Waals surface area contributed by atoms with Gasteiger partial charge in [0, 0.05) is 25.2 Å². The molecule has 0 radical (unpaired) electrons. The Kier molecular flexibility index (Phi) is 4.67. The van der Waals surface area contributed by atoms with Gasteiger partial charge in [0.1, 0.15) is 0 Å². The second kappa shape index (κ2) is 6.58. The lowest BCUT2D eigenvalue weighted by molar-refractivity contribution is -0.117. The maximum atomic E-state index is 12.1. The fraction of sp³-hybridized carbons (Fsp3) is 0.500. The number of ketones is 1. The van der Waals surface area contributed by atoms with E-state index in [1.165, 1.54) is 22.4 Å². The average molecular weight is 323 g/mol. The summed E-state index contributed by atoms with van der Waals surface area (Å²) in [5.74, 6) is 0.800. The van der Waals surface area contributed by atoms with Crippen LogP contribution in [-0.2, 0) is 4.79 Å². The fourth-order valence-corrected chi connectivity index (χ4v) is 4.34. The van der Waals surface area contributed by atoms with E-state index in [4.69, 9.17) is 0 Å². The van der Waals surface area contributed by atoms with Gasteiger partial charge in [0.2, 0.25) is 0 Å². The Morgan fingerprint density at radius 3 is 2.38 bits per heavy atom. The molecule has 24 heavy (non-hydrogen) atoms. The highest BCUT2D eigenvalue weighted by molar-refractivity contribution is 5.93. The normalized spacial score (nSPS) is 22.5. The number of anilines is 1. The molecule has 2 nitrogen and oxygen atoms in total. The summed E-state index contributed by atoms with van der Waals surface area (Å²) in [4.78, 5) is 14.4. The van der Waals surface area contributed by atoms with Gasteiger partial charge in [-0.05, 0) is 72.9 Å². The maximum absolute atomic E-state index is 12.1. The predicted molar refractivity (Wildman–Crippen MR) is 102 cm³/mol. The van der Waals surface area contributed by atoms with Crippen LogP contribution in [0.1, 0.15) is 52.5 Å². The van der Waals surface area contributed by atoms with Crippen LogP contribution in [0.5, 0.6) is 0 Å². The molecule has 2 aliphatic rings. The zero-order valence-electron chi connectivity index (χ0n) is 15.4. The molecule has 0 heterocycles. The average Bonchev–Trinajstić information content (AvgIpc) is 2.55. The molecule has 1 atom stereocenters. The number of nitrogens with zero attached hydrogens (tertiary/aromatic N) is 1. The SMILES string of the molecule is CCN(CC)c1ccc(C2=CC3=CC(=O)CC(C)(C)C3CC2)cc1. The Hall–Kier alpha value is -1.83. The van der Waals surface area contributed by atoms with Gasteiger partial charge in [-0.1, -0.05) is 32.1 Å². The lowest BCUT2D eigenvalue weighted by Crippen LogP contribution is -2.33. The number of fused-ring (bicyclic) bond motifs is 1. The lowest BCUT2D eigenvalue weighted by atomic mass is 9.63. The summed E-state index contributed by atoms with van der Waals surface area (Å²) in [6.07, 6.45) is 7.10. The topological polar surface area (TPSA) is 20.3 Å². The van der Waals surface area contributed by atoms with Crippen LogP contribution in [0.4, 0.5) is 5.69 Å². The minimum atomic E-state index is 0.0931. The van der Waals surface area contributed by atoms with Crippen molar-refractivity contribution in [3.63, 3.8) is 0 Å². The maximum Gasteiger partial charge on any atom is 0.156 e. The summed E-state index contributed by atoms with van der Waals surface area (Å²) in [5, 5.41) is 0. The number of benzene rings is 1. The quantitative estimate of drug-likeness (QED) is 0.754. The highest BCUT2D eigenvalue weighted by Crippen LogP contribution is 2.47. The van der Waals surface area contributed by atoms with Crippen molar-refractivity contribution in [3.05, 3.63) is 47.6 Å². The first-order valence-electron chi connectivity index (χ1n) is 9.25. The molecular weight excluding hydrogens is 294 g/mol. The third kappa shape index (κ3) is 3.19. The van der Waals surface area contributed by atoms with Gasteiger partial charge in [0.25, 0.3) is 0 Å². The van der Waals surface area contributed by atoms with Crippen molar-refractivity contribution in [3.8, 4) is 0 Å². The first-order chi connectivity index (χ1) is 11.4. The minimum absolute atomic E-state index is 0.0931. The summed E-state index contributed by atoms with van der Waals surface area (Å²) in [6, 6.07) is 8.91. The van der Waals surface area contributed by atoms with E-state index < -0.39 is 0 Å². The fourth-order valence-electron chi connectivity index (χ4n) is 4.34.